The van der Waals surface area contributed by atoms with Crippen LogP contribution < -0.4 is 5.32 Å². The largest absolute Gasteiger partial charge is 0.401 e. The SMILES string of the molecule is CC(C)CCN1CCN(C(=O)CNCC(F)(F)F)CC1. The van der Waals surface area contributed by atoms with Crippen LogP contribution in [-0.2, 0) is 4.79 Å². The predicted molar refractivity (Wildman–Crippen MR) is 71.4 cm³/mol. The lowest BCUT2D eigenvalue weighted by Gasteiger charge is -2.35. The third kappa shape index (κ3) is 7.09. The molecule has 0 aromatic heterocycles. The smallest absolute Gasteiger partial charge is 0.339 e. The molecule has 0 bridgehead atoms. The maximum atomic E-state index is 12.0. The molecule has 1 fully saturated rings. The monoisotopic (exact) mass is 295 g/mol. The van der Waals surface area contributed by atoms with Crippen molar-refractivity contribution in [2.45, 2.75) is 26.4 Å². The molecule has 0 saturated carbocycles. The summed E-state index contributed by atoms with van der Waals surface area (Å²) in [7, 11) is 0. The highest BCUT2D eigenvalue weighted by molar-refractivity contribution is 5.78. The van der Waals surface area contributed by atoms with Crippen LogP contribution in [0, 0.1) is 5.92 Å². The van der Waals surface area contributed by atoms with Gasteiger partial charge in [-0.1, -0.05) is 13.8 Å². The Hall–Kier alpha value is -0.820. The van der Waals surface area contributed by atoms with Crippen molar-refractivity contribution in [2.75, 3.05) is 45.8 Å². The first-order valence-electron chi connectivity index (χ1n) is 7.05. The van der Waals surface area contributed by atoms with Crippen molar-refractivity contribution in [3.8, 4) is 0 Å². The van der Waals surface area contributed by atoms with Gasteiger partial charge in [-0.2, -0.15) is 13.2 Å². The van der Waals surface area contributed by atoms with Gasteiger partial charge in [0.25, 0.3) is 0 Å². The summed E-state index contributed by atoms with van der Waals surface area (Å²) >= 11 is 0. The van der Waals surface area contributed by atoms with Gasteiger partial charge in [0.05, 0.1) is 13.1 Å². The molecule has 7 heteroatoms. The Morgan fingerprint density at radius 1 is 1.20 bits per heavy atom. The van der Waals surface area contributed by atoms with E-state index in [4.69, 9.17) is 0 Å². The highest BCUT2D eigenvalue weighted by Gasteiger charge is 2.27. The zero-order chi connectivity index (χ0) is 15.2. The standard InChI is InChI=1S/C13H24F3N3O/c1-11(2)3-4-18-5-7-19(8-6-18)12(20)9-17-10-13(14,15)16/h11,17H,3-10H2,1-2H3. The summed E-state index contributed by atoms with van der Waals surface area (Å²) in [6.07, 6.45) is -3.14. The second-order valence-electron chi connectivity index (χ2n) is 5.62. The van der Waals surface area contributed by atoms with E-state index in [2.05, 4.69) is 24.1 Å². The maximum absolute atomic E-state index is 12.0. The van der Waals surface area contributed by atoms with Crippen LogP contribution in [0.15, 0.2) is 0 Å². The van der Waals surface area contributed by atoms with Gasteiger partial charge in [0.15, 0.2) is 0 Å². The summed E-state index contributed by atoms with van der Waals surface area (Å²) in [4.78, 5) is 15.7. The number of amides is 1. The van der Waals surface area contributed by atoms with E-state index in [0.29, 0.717) is 19.0 Å². The highest BCUT2D eigenvalue weighted by atomic mass is 19.4. The lowest BCUT2D eigenvalue weighted by molar-refractivity contribution is -0.135. The zero-order valence-electron chi connectivity index (χ0n) is 12.2. The van der Waals surface area contributed by atoms with Crippen LogP contribution in [-0.4, -0.2) is 67.7 Å². The lowest BCUT2D eigenvalue weighted by Crippen LogP contribution is -2.51. The van der Waals surface area contributed by atoms with E-state index >= 15 is 0 Å². The Bertz CT molecular complexity index is 300. The number of halogens is 3. The van der Waals surface area contributed by atoms with E-state index in [0.717, 1.165) is 26.1 Å². The van der Waals surface area contributed by atoms with Crippen molar-refractivity contribution < 1.29 is 18.0 Å². The van der Waals surface area contributed by atoms with Crippen molar-refractivity contribution in [1.29, 1.82) is 0 Å². The number of piperazine rings is 1. The van der Waals surface area contributed by atoms with Crippen molar-refractivity contribution in [3.63, 3.8) is 0 Å². The van der Waals surface area contributed by atoms with E-state index < -0.39 is 12.7 Å². The van der Waals surface area contributed by atoms with Gasteiger partial charge in [0.2, 0.25) is 5.91 Å². The van der Waals surface area contributed by atoms with Crippen LogP contribution >= 0.6 is 0 Å². The van der Waals surface area contributed by atoms with Crippen molar-refractivity contribution >= 4 is 5.91 Å². The highest BCUT2D eigenvalue weighted by Crippen LogP contribution is 2.12. The molecule has 0 aromatic carbocycles. The van der Waals surface area contributed by atoms with Crippen LogP contribution in [0.3, 0.4) is 0 Å². The minimum absolute atomic E-state index is 0.245. The number of rotatable bonds is 6. The summed E-state index contributed by atoms with van der Waals surface area (Å²) in [5.74, 6) is 0.402. The number of carbonyl (C=O) groups is 1. The van der Waals surface area contributed by atoms with Crippen LogP contribution in [0.4, 0.5) is 13.2 Å². The van der Waals surface area contributed by atoms with Crippen LogP contribution in [0.5, 0.6) is 0 Å². The maximum Gasteiger partial charge on any atom is 0.401 e. The Kier molecular flexibility index (Phi) is 6.75. The summed E-state index contributed by atoms with van der Waals surface area (Å²) in [6, 6.07) is 0. The first kappa shape index (κ1) is 17.2. The number of carbonyl (C=O) groups excluding carboxylic acids is 1. The Balaban J connectivity index is 2.19. The van der Waals surface area contributed by atoms with Gasteiger partial charge in [-0.15, -0.1) is 0 Å². The van der Waals surface area contributed by atoms with Crippen molar-refractivity contribution in [3.05, 3.63) is 0 Å². The average Bonchev–Trinajstić information content (AvgIpc) is 2.35. The van der Waals surface area contributed by atoms with Gasteiger partial charge in [0, 0.05) is 26.2 Å². The molecular formula is C13H24F3N3O. The first-order valence-corrected chi connectivity index (χ1v) is 7.05. The van der Waals surface area contributed by atoms with E-state index in [9.17, 15) is 18.0 Å². The first-order chi connectivity index (χ1) is 9.28. The number of alkyl halides is 3. The van der Waals surface area contributed by atoms with Gasteiger partial charge in [-0.3, -0.25) is 9.69 Å². The summed E-state index contributed by atoms with van der Waals surface area (Å²) < 4.78 is 35.9. The van der Waals surface area contributed by atoms with Gasteiger partial charge in [-0.05, 0) is 18.9 Å². The van der Waals surface area contributed by atoms with E-state index in [1.165, 1.54) is 0 Å². The molecule has 1 N–H and O–H groups in total. The number of nitrogens with zero attached hydrogens (tertiary/aromatic N) is 2. The number of hydrogen-bond donors (Lipinski definition) is 1. The normalized spacial score (nSPS) is 17.8. The Labute approximate surface area is 118 Å². The molecule has 0 aromatic rings. The molecule has 1 saturated heterocycles. The molecule has 0 atom stereocenters. The second kappa shape index (κ2) is 7.83. The van der Waals surface area contributed by atoms with Crippen LogP contribution in [0.1, 0.15) is 20.3 Å². The van der Waals surface area contributed by atoms with Gasteiger partial charge >= 0.3 is 6.18 Å². The molecule has 4 nitrogen and oxygen atoms in total. The summed E-state index contributed by atoms with van der Waals surface area (Å²) in [6.45, 7) is 6.81. The topological polar surface area (TPSA) is 35.6 Å². The fourth-order valence-corrected chi connectivity index (χ4v) is 2.08. The molecule has 118 valence electrons. The van der Waals surface area contributed by atoms with Gasteiger partial charge in [-0.25, -0.2) is 0 Å². The fraction of sp³-hybridized carbons (Fsp3) is 0.923. The number of hydrogen-bond acceptors (Lipinski definition) is 3. The van der Waals surface area contributed by atoms with Gasteiger partial charge in [0.1, 0.15) is 0 Å². The average molecular weight is 295 g/mol. The lowest BCUT2D eigenvalue weighted by atomic mass is 10.1. The molecule has 0 unspecified atom stereocenters. The quantitative estimate of drug-likeness (QED) is 0.803. The van der Waals surface area contributed by atoms with E-state index in [-0.39, 0.29) is 12.5 Å². The molecular weight excluding hydrogens is 271 g/mol. The Morgan fingerprint density at radius 3 is 2.30 bits per heavy atom. The molecule has 0 spiro atoms. The summed E-state index contributed by atoms with van der Waals surface area (Å²) in [5.41, 5.74) is 0. The predicted octanol–water partition coefficient (Wildman–Crippen LogP) is 1.33. The molecule has 0 aliphatic carbocycles. The summed E-state index contributed by atoms with van der Waals surface area (Å²) in [5, 5.41) is 2.14. The van der Waals surface area contributed by atoms with Crippen LogP contribution in [0.25, 0.3) is 0 Å². The van der Waals surface area contributed by atoms with Gasteiger partial charge < -0.3 is 10.2 Å². The van der Waals surface area contributed by atoms with Crippen molar-refractivity contribution in [1.82, 2.24) is 15.1 Å². The Morgan fingerprint density at radius 2 is 1.80 bits per heavy atom. The molecule has 0 radical (unpaired) electrons. The van der Waals surface area contributed by atoms with E-state index in [1.54, 1.807) is 4.90 Å². The minimum atomic E-state index is -4.27. The molecule has 20 heavy (non-hydrogen) atoms. The third-order valence-corrected chi connectivity index (χ3v) is 3.35. The molecule has 1 heterocycles. The number of nitrogens with one attached hydrogen (secondary N) is 1. The van der Waals surface area contributed by atoms with E-state index in [1.807, 2.05) is 0 Å². The second-order valence-corrected chi connectivity index (χ2v) is 5.62. The molecule has 1 aliphatic heterocycles. The molecule has 1 rings (SSSR count). The molecule has 1 aliphatic rings. The third-order valence-electron chi connectivity index (χ3n) is 3.35. The molecule has 1 amide bonds. The van der Waals surface area contributed by atoms with Crippen LogP contribution in [0.2, 0.25) is 0 Å². The fourth-order valence-electron chi connectivity index (χ4n) is 2.08. The zero-order valence-corrected chi connectivity index (χ0v) is 12.2. The minimum Gasteiger partial charge on any atom is -0.339 e. The van der Waals surface area contributed by atoms with Crippen molar-refractivity contribution in [2.24, 2.45) is 5.92 Å².